The summed E-state index contributed by atoms with van der Waals surface area (Å²) in [7, 11) is 1.32. The van der Waals surface area contributed by atoms with Gasteiger partial charge in [-0.1, -0.05) is 0 Å². The van der Waals surface area contributed by atoms with Crippen molar-refractivity contribution in [3.8, 4) is 0 Å². The van der Waals surface area contributed by atoms with Gasteiger partial charge in [0.2, 0.25) is 0 Å². The smallest absolute Gasteiger partial charge is 0.325 e. The van der Waals surface area contributed by atoms with E-state index < -0.39 is 0 Å². The van der Waals surface area contributed by atoms with E-state index in [1.54, 1.807) is 18.2 Å². The molecule has 0 saturated carbocycles. The van der Waals surface area contributed by atoms with Crippen molar-refractivity contribution in [2.45, 2.75) is 6.92 Å². The van der Waals surface area contributed by atoms with Gasteiger partial charge in [0, 0.05) is 16.9 Å². The van der Waals surface area contributed by atoms with Gasteiger partial charge in [0.1, 0.15) is 6.54 Å². The van der Waals surface area contributed by atoms with Crippen LogP contribution >= 0.6 is 0 Å². The van der Waals surface area contributed by atoms with Crippen molar-refractivity contribution in [3.63, 3.8) is 0 Å². The molecule has 0 atom stereocenters. The molecule has 0 spiro atoms. The number of anilines is 2. The van der Waals surface area contributed by atoms with Crippen molar-refractivity contribution in [2.24, 2.45) is 0 Å². The second-order valence-corrected chi connectivity index (χ2v) is 3.29. The summed E-state index contributed by atoms with van der Waals surface area (Å²) < 4.78 is 4.48. The third-order valence-electron chi connectivity index (χ3n) is 2.10. The predicted octanol–water partition coefficient (Wildman–Crippen LogP) is 1.06. The average Bonchev–Trinajstić information content (AvgIpc) is 2.25. The minimum Gasteiger partial charge on any atom is -0.468 e. The summed E-state index contributed by atoms with van der Waals surface area (Å²) in [5.74, 6) is -0.453. The molecule has 0 radical (unpaired) electrons. The van der Waals surface area contributed by atoms with Gasteiger partial charge in [-0.2, -0.15) is 0 Å². The summed E-state index contributed by atoms with van der Waals surface area (Å²) >= 11 is 0. The predicted molar refractivity (Wildman–Crippen MR) is 61.4 cm³/mol. The second kappa shape index (κ2) is 5.16. The Morgan fingerprint density at radius 3 is 2.62 bits per heavy atom. The van der Waals surface area contributed by atoms with Crippen molar-refractivity contribution in [1.82, 2.24) is 0 Å². The molecule has 0 bridgehead atoms. The van der Waals surface area contributed by atoms with Crippen LogP contribution < -0.4 is 11.1 Å². The Kier molecular flexibility index (Phi) is 3.88. The number of nitrogens with one attached hydrogen (secondary N) is 1. The van der Waals surface area contributed by atoms with Crippen LogP contribution in [0.5, 0.6) is 0 Å². The first-order valence-corrected chi connectivity index (χ1v) is 4.75. The Morgan fingerprint density at radius 1 is 1.44 bits per heavy atom. The quantitative estimate of drug-likeness (QED) is 0.452. The van der Waals surface area contributed by atoms with Crippen molar-refractivity contribution in [2.75, 3.05) is 24.7 Å². The first kappa shape index (κ1) is 12.0. The molecule has 0 amide bonds. The lowest BCUT2D eigenvalue weighted by Gasteiger charge is -2.07. The van der Waals surface area contributed by atoms with Gasteiger partial charge in [0.25, 0.3) is 0 Å². The minimum absolute atomic E-state index is 0.0648. The molecule has 0 heterocycles. The molecule has 1 aromatic rings. The van der Waals surface area contributed by atoms with Crippen molar-refractivity contribution in [1.29, 1.82) is 0 Å². The third-order valence-corrected chi connectivity index (χ3v) is 2.10. The van der Waals surface area contributed by atoms with E-state index in [1.807, 2.05) is 0 Å². The fourth-order valence-corrected chi connectivity index (χ4v) is 1.24. The molecule has 0 aliphatic rings. The number of Topliss-reactive ketones (excluding diaryl/α,β-unsaturated/α-hetero) is 1. The highest BCUT2D eigenvalue weighted by Gasteiger charge is 2.06. The van der Waals surface area contributed by atoms with Crippen molar-refractivity contribution < 1.29 is 14.3 Å². The number of ketones is 1. The van der Waals surface area contributed by atoms with Gasteiger partial charge < -0.3 is 15.8 Å². The fourth-order valence-electron chi connectivity index (χ4n) is 1.24. The molecule has 86 valence electrons. The van der Waals surface area contributed by atoms with Crippen LogP contribution in [0.2, 0.25) is 0 Å². The van der Waals surface area contributed by atoms with Gasteiger partial charge >= 0.3 is 5.97 Å². The normalized spacial score (nSPS) is 9.62. The minimum atomic E-state index is -0.366. The van der Waals surface area contributed by atoms with Gasteiger partial charge in [-0.15, -0.1) is 0 Å². The molecule has 3 N–H and O–H groups in total. The number of ether oxygens (including phenoxy) is 1. The van der Waals surface area contributed by atoms with E-state index in [9.17, 15) is 9.59 Å². The van der Waals surface area contributed by atoms with Crippen LogP contribution in [-0.2, 0) is 9.53 Å². The van der Waals surface area contributed by atoms with Crippen LogP contribution in [0.15, 0.2) is 18.2 Å². The summed E-state index contributed by atoms with van der Waals surface area (Å²) in [6.07, 6.45) is 0. The molecular formula is C11H14N2O3. The van der Waals surface area contributed by atoms with Gasteiger partial charge in [-0.3, -0.25) is 9.59 Å². The lowest BCUT2D eigenvalue weighted by Crippen LogP contribution is -2.15. The molecule has 1 aromatic carbocycles. The topological polar surface area (TPSA) is 81.4 Å². The molecule has 0 unspecified atom stereocenters. The molecule has 0 fully saturated rings. The molecule has 0 saturated heterocycles. The number of methoxy groups -OCH3 is 1. The Hall–Kier alpha value is -2.04. The number of hydrogen-bond donors (Lipinski definition) is 2. The van der Waals surface area contributed by atoms with E-state index in [2.05, 4.69) is 10.1 Å². The second-order valence-electron chi connectivity index (χ2n) is 3.29. The van der Waals surface area contributed by atoms with Crippen LogP contribution in [0.3, 0.4) is 0 Å². The Balaban J connectivity index is 2.74. The Bertz CT molecular complexity index is 416. The first-order valence-electron chi connectivity index (χ1n) is 4.75. The maximum atomic E-state index is 11.1. The average molecular weight is 222 g/mol. The highest BCUT2D eigenvalue weighted by Crippen LogP contribution is 2.18. The number of nitrogen functional groups attached to an aromatic ring is 1. The van der Waals surface area contributed by atoms with Crippen LogP contribution in [0.1, 0.15) is 17.3 Å². The summed E-state index contributed by atoms with van der Waals surface area (Å²) in [5, 5.41) is 2.84. The number of nitrogens with two attached hydrogens (primary N) is 1. The number of carbonyl (C=O) groups is 2. The largest absolute Gasteiger partial charge is 0.468 e. The molecule has 1 rings (SSSR count). The zero-order chi connectivity index (χ0) is 12.1. The summed E-state index contributed by atoms with van der Waals surface area (Å²) in [6, 6.07) is 4.92. The lowest BCUT2D eigenvalue weighted by atomic mass is 10.1. The summed E-state index contributed by atoms with van der Waals surface area (Å²) in [6.45, 7) is 1.52. The zero-order valence-corrected chi connectivity index (χ0v) is 9.24. The van der Waals surface area contributed by atoms with Gasteiger partial charge in [0.05, 0.1) is 7.11 Å². The Morgan fingerprint density at radius 2 is 2.12 bits per heavy atom. The molecule has 0 aliphatic carbocycles. The van der Waals surface area contributed by atoms with Gasteiger partial charge in [-0.25, -0.2) is 0 Å². The lowest BCUT2D eigenvalue weighted by molar-refractivity contribution is -0.138. The van der Waals surface area contributed by atoms with Crippen LogP contribution in [0.25, 0.3) is 0 Å². The number of rotatable bonds is 4. The van der Waals surface area contributed by atoms with Crippen LogP contribution in [0, 0.1) is 0 Å². The van der Waals surface area contributed by atoms with E-state index in [0.717, 1.165) is 0 Å². The summed E-state index contributed by atoms with van der Waals surface area (Å²) in [5.41, 5.74) is 7.22. The molecule has 5 nitrogen and oxygen atoms in total. The summed E-state index contributed by atoms with van der Waals surface area (Å²) in [4.78, 5) is 22.0. The number of carbonyl (C=O) groups excluding carboxylic acids is 2. The van der Waals surface area contributed by atoms with Gasteiger partial charge in [-0.05, 0) is 25.1 Å². The van der Waals surface area contributed by atoms with E-state index in [-0.39, 0.29) is 18.3 Å². The van der Waals surface area contributed by atoms with Gasteiger partial charge in [0.15, 0.2) is 5.78 Å². The number of esters is 1. The van der Waals surface area contributed by atoms with E-state index in [1.165, 1.54) is 14.0 Å². The first-order chi connectivity index (χ1) is 7.54. The molecule has 0 aromatic heterocycles. The maximum absolute atomic E-state index is 11.1. The molecule has 0 aliphatic heterocycles. The van der Waals surface area contributed by atoms with Crippen molar-refractivity contribution >= 4 is 23.1 Å². The van der Waals surface area contributed by atoms with E-state index in [4.69, 9.17) is 5.73 Å². The third kappa shape index (κ3) is 2.98. The maximum Gasteiger partial charge on any atom is 0.325 e. The van der Waals surface area contributed by atoms with Crippen molar-refractivity contribution in [3.05, 3.63) is 23.8 Å². The molecular weight excluding hydrogens is 208 g/mol. The number of benzene rings is 1. The molecule has 16 heavy (non-hydrogen) atoms. The van der Waals surface area contributed by atoms with Crippen LogP contribution in [-0.4, -0.2) is 25.4 Å². The highest BCUT2D eigenvalue weighted by molar-refractivity contribution is 5.99. The molecule has 5 heteroatoms. The standard InChI is InChI=1S/C11H14N2O3/c1-7(14)9-4-3-8(5-10(9)12)13-6-11(15)16-2/h3-5,13H,6,12H2,1-2H3. The van der Waals surface area contributed by atoms with E-state index in [0.29, 0.717) is 16.9 Å². The number of hydrogen-bond acceptors (Lipinski definition) is 5. The SMILES string of the molecule is COC(=O)CNc1ccc(C(C)=O)c(N)c1. The highest BCUT2D eigenvalue weighted by atomic mass is 16.5. The van der Waals surface area contributed by atoms with E-state index >= 15 is 0 Å². The zero-order valence-electron chi connectivity index (χ0n) is 9.24. The fraction of sp³-hybridized carbons (Fsp3) is 0.273. The Labute approximate surface area is 93.6 Å². The van der Waals surface area contributed by atoms with Crippen LogP contribution in [0.4, 0.5) is 11.4 Å². The monoisotopic (exact) mass is 222 g/mol.